The van der Waals surface area contributed by atoms with E-state index in [1.807, 2.05) is 24.3 Å². The number of pyridine rings is 1. The van der Waals surface area contributed by atoms with Crippen molar-refractivity contribution in [3.8, 4) is 0 Å². The summed E-state index contributed by atoms with van der Waals surface area (Å²) in [6.45, 7) is 1.80. The van der Waals surface area contributed by atoms with Gasteiger partial charge in [-0.05, 0) is 23.6 Å². The molecule has 1 atom stereocenters. The maximum atomic E-state index is 11.5. The van der Waals surface area contributed by atoms with E-state index in [0.29, 0.717) is 0 Å². The van der Waals surface area contributed by atoms with Gasteiger partial charge in [-0.1, -0.05) is 6.07 Å². The van der Waals surface area contributed by atoms with Crippen LogP contribution in [-0.2, 0) is 10.8 Å². The molecule has 2 nitrogen and oxygen atoms in total. The normalized spacial score (nSPS) is 12.9. The van der Waals surface area contributed by atoms with Crippen LogP contribution in [0, 0.1) is 5.75 Å². The highest BCUT2D eigenvalue weighted by Gasteiger charge is 1.96. The van der Waals surface area contributed by atoms with Crippen molar-refractivity contribution in [1.29, 1.82) is 0 Å². The number of hydrogen-bond acceptors (Lipinski definition) is 2. The zero-order valence-electron chi connectivity index (χ0n) is 7.81. The Bertz CT molecular complexity index is 481. The van der Waals surface area contributed by atoms with Gasteiger partial charge in [0.05, 0.1) is 0 Å². The molecule has 0 saturated carbocycles. The van der Waals surface area contributed by atoms with E-state index in [0.717, 1.165) is 15.7 Å². The van der Waals surface area contributed by atoms with E-state index in [4.69, 9.17) is 0 Å². The second-order valence-corrected chi connectivity index (χ2v) is 4.46. The molecule has 2 rings (SSSR count). The molecule has 0 bridgehead atoms. The van der Waals surface area contributed by atoms with Gasteiger partial charge in [-0.3, -0.25) is 9.19 Å². The predicted molar refractivity (Wildman–Crippen MR) is 58.1 cm³/mol. The Labute approximate surface area is 85.4 Å². The van der Waals surface area contributed by atoms with Gasteiger partial charge in [0.15, 0.2) is 0 Å². The number of hydrogen-bond donors (Lipinski definition) is 0. The molecular formula is C11H10NOS-. The summed E-state index contributed by atoms with van der Waals surface area (Å²) in [6.07, 6.45) is 3.54. The molecular weight excluding hydrogens is 194 g/mol. The van der Waals surface area contributed by atoms with Crippen LogP contribution in [0.1, 0.15) is 6.92 Å². The number of rotatable bonds is 2. The highest BCUT2D eigenvalue weighted by molar-refractivity contribution is 7.87. The summed E-state index contributed by atoms with van der Waals surface area (Å²) in [7, 11) is -0.999. The topological polar surface area (TPSA) is 30.0 Å². The molecule has 0 aliphatic carbocycles. The van der Waals surface area contributed by atoms with Crippen LogP contribution in [0.4, 0.5) is 0 Å². The van der Waals surface area contributed by atoms with E-state index in [2.05, 4.69) is 4.98 Å². The molecule has 0 amide bonds. The van der Waals surface area contributed by atoms with Crippen molar-refractivity contribution in [2.24, 2.45) is 0 Å². The lowest BCUT2D eigenvalue weighted by Crippen LogP contribution is -1.89. The van der Waals surface area contributed by atoms with Crippen molar-refractivity contribution in [1.82, 2.24) is 4.98 Å². The Balaban J connectivity index is 2.56. The third kappa shape index (κ3) is 1.68. The van der Waals surface area contributed by atoms with Gasteiger partial charge >= 0.3 is 0 Å². The molecule has 1 aromatic carbocycles. The van der Waals surface area contributed by atoms with Crippen LogP contribution in [0.5, 0.6) is 0 Å². The number of benzene rings is 1. The van der Waals surface area contributed by atoms with Crippen LogP contribution in [0.15, 0.2) is 41.6 Å². The summed E-state index contributed by atoms with van der Waals surface area (Å²) < 4.78 is 11.5. The van der Waals surface area contributed by atoms with Crippen molar-refractivity contribution in [3.63, 3.8) is 0 Å². The van der Waals surface area contributed by atoms with Gasteiger partial charge < -0.3 is 0 Å². The quantitative estimate of drug-likeness (QED) is 0.703. The summed E-state index contributed by atoms with van der Waals surface area (Å²) in [5.41, 5.74) is 0. The maximum Gasteiger partial charge on any atom is 0.0346 e. The van der Waals surface area contributed by atoms with Crippen molar-refractivity contribution in [2.45, 2.75) is 11.8 Å². The summed E-state index contributed by atoms with van der Waals surface area (Å²) in [4.78, 5) is 4.86. The van der Waals surface area contributed by atoms with Crippen LogP contribution in [-0.4, -0.2) is 9.19 Å². The average Bonchev–Trinajstić information content (AvgIpc) is 2.27. The summed E-state index contributed by atoms with van der Waals surface area (Å²) in [5, 5.41) is 2.15. The lowest BCUT2D eigenvalue weighted by Gasteiger charge is -2.07. The molecule has 1 unspecified atom stereocenters. The molecule has 3 heteroatoms. The van der Waals surface area contributed by atoms with Crippen LogP contribution in [0.3, 0.4) is 0 Å². The number of nitrogens with zero attached hydrogens (tertiary/aromatic N) is 1. The SMILES string of the molecule is C[CH-]S(=O)c1ccc2ccncc2c1. The standard InChI is InChI=1S/C11H10NOS/c1-2-14(13)11-4-3-9-5-6-12-8-10(9)7-11/h2-8H,1H3/q-1. The van der Waals surface area contributed by atoms with E-state index < -0.39 is 10.8 Å². The summed E-state index contributed by atoms with van der Waals surface area (Å²) in [6, 6.07) is 7.71. The van der Waals surface area contributed by atoms with Crippen LogP contribution >= 0.6 is 0 Å². The Morgan fingerprint density at radius 2 is 2.14 bits per heavy atom. The smallest absolute Gasteiger partial charge is 0.0346 e. The van der Waals surface area contributed by atoms with Crippen LogP contribution in [0.25, 0.3) is 10.8 Å². The third-order valence-electron chi connectivity index (χ3n) is 2.06. The molecule has 72 valence electrons. The largest absolute Gasteiger partial charge is 0.289 e. The van der Waals surface area contributed by atoms with Gasteiger partial charge in [-0.2, -0.15) is 6.92 Å². The molecule has 2 aromatic rings. The minimum Gasteiger partial charge on any atom is -0.289 e. The highest BCUT2D eigenvalue weighted by Crippen LogP contribution is 2.17. The van der Waals surface area contributed by atoms with Crippen LogP contribution in [0.2, 0.25) is 0 Å². The second-order valence-electron chi connectivity index (χ2n) is 2.92. The Morgan fingerprint density at radius 3 is 2.93 bits per heavy atom. The predicted octanol–water partition coefficient (Wildman–Crippen LogP) is 2.52. The fourth-order valence-corrected chi connectivity index (χ4v) is 2.04. The summed E-state index contributed by atoms with van der Waals surface area (Å²) in [5.74, 6) is 1.68. The van der Waals surface area contributed by atoms with Gasteiger partial charge in [-0.25, -0.2) is 5.75 Å². The van der Waals surface area contributed by atoms with E-state index in [-0.39, 0.29) is 0 Å². The third-order valence-corrected chi connectivity index (χ3v) is 3.21. The molecule has 14 heavy (non-hydrogen) atoms. The molecule has 0 fully saturated rings. The first-order valence-corrected chi connectivity index (χ1v) is 5.56. The van der Waals surface area contributed by atoms with E-state index >= 15 is 0 Å². The maximum absolute atomic E-state index is 11.5. The second kappa shape index (κ2) is 3.88. The van der Waals surface area contributed by atoms with Gasteiger partial charge in [0.2, 0.25) is 0 Å². The van der Waals surface area contributed by atoms with E-state index in [1.54, 1.807) is 25.1 Å². The number of fused-ring (bicyclic) bond motifs is 1. The Kier molecular flexibility index (Phi) is 2.59. The summed E-state index contributed by atoms with van der Waals surface area (Å²) >= 11 is 0. The fraction of sp³-hybridized carbons (Fsp3) is 0.0909. The fourth-order valence-electron chi connectivity index (χ4n) is 1.32. The zero-order chi connectivity index (χ0) is 9.97. The van der Waals surface area contributed by atoms with Gasteiger partial charge in [0.25, 0.3) is 0 Å². The van der Waals surface area contributed by atoms with Crippen molar-refractivity contribution in [3.05, 3.63) is 42.4 Å². The van der Waals surface area contributed by atoms with Gasteiger partial charge in [0.1, 0.15) is 0 Å². The average molecular weight is 204 g/mol. The molecule has 1 aromatic heterocycles. The van der Waals surface area contributed by atoms with Gasteiger partial charge in [0, 0.05) is 22.7 Å². The van der Waals surface area contributed by atoms with Crippen LogP contribution < -0.4 is 0 Å². The van der Waals surface area contributed by atoms with E-state index in [9.17, 15) is 4.21 Å². The van der Waals surface area contributed by atoms with Crippen molar-refractivity contribution < 1.29 is 4.21 Å². The molecule has 0 N–H and O–H groups in total. The first-order valence-electron chi connectivity index (χ1n) is 4.35. The highest BCUT2D eigenvalue weighted by atomic mass is 32.2. The van der Waals surface area contributed by atoms with E-state index in [1.165, 1.54) is 0 Å². The minimum atomic E-state index is -0.999. The van der Waals surface area contributed by atoms with Crippen molar-refractivity contribution in [2.75, 3.05) is 0 Å². The molecule has 0 spiro atoms. The van der Waals surface area contributed by atoms with Gasteiger partial charge in [-0.15, -0.1) is 10.8 Å². The molecule has 0 aliphatic heterocycles. The molecule has 0 saturated heterocycles. The molecule has 0 radical (unpaired) electrons. The first kappa shape index (κ1) is 9.34. The zero-order valence-corrected chi connectivity index (χ0v) is 8.62. The Hall–Kier alpha value is -1.22. The Morgan fingerprint density at radius 1 is 1.29 bits per heavy atom. The lowest BCUT2D eigenvalue weighted by molar-refractivity contribution is 0.686. The molecule has 1 heterocycles. The number of aromatic nitrogens is 1. The van der Waals surface area contributed by atoms with Crippen molar-refractivity contribution >= 4 is 21.6 Å². The first-order chi connectivity index (χ1) is 6.81. The lowest BCUT2D eigenvalue weighted by atomic mass is 10.2. The molecule has 0 aliphatic rings. The monoisotopic (exact) mass is 204 g/mol. The minimum absolute atomic E-state index is 0.827.